The molecule has 3 rings (SSSR count). The van der Waals surface area contributed by atoms with E-state index in [4.69, 9.17) is 0 Å². The third kappa shape index (κ3) is 4.30. The largest absolute Gasteiger partial charge is 0.304 e. The number of benzene rings is 1. The lowest BCUT2D eigenvalue weighted by molar-refractivity contribution is -0.118. The second kappa shape index (κ2) is 7.86. The molecule has 0 aliphatic rings. The summed E-state index contributed by atoms with van der Waals surface area (Å²) in [7, 11) is 1.80. The SMILES string of the molecule is Cn1cc(CCC(=O)N(Cc2ccccn2)c2ccc(F)cc2F)cn1. The lowest BCUT2D eigenvalue weighted by Crippen LogP contribution is -2.31. The normalized spacial score (nSPS) is 10.7. The van der Waals surface area contributed by atoms with Crippen LogP contribution < -0.4 is 4.90 Å². The van der Waals surface area contributed by atoms with Crippen LogP contribution in [0.5, 0.6) is 0 Å². The highest BCUT2D eigenvalue weighted by molar-refractivity contribution is 5.93. The number of hydrogen-bond acceptors (Lipinski definition) is 3. The number of pyridine rings is 1. The van der Waals surface area contributed by atoms with Crippen LogP contribution in [0.25, 0.3) is 0 Å². The van der Waals surface area contributed by atoms with E-state index >= 15 is 0 Å². The third-order valence-corrected chi connectivity index (χ3v) is 3.93. The van der Waals surface area contributed by atoms with Crippen LogP contribution in [-0.2, 0) is 24.8 Å². The summed E-state index contributed by atoms with van der Waals surface area (Å²) in [5.74, 6) is -1.74. The number of aryl methyl sites for hydroxylation is 2. The molecule has 0 aliphatic carbocycles. The Bertz CT molecular complexity index is 896. The number of aromatic nitrogens is 3. The zero-order valence-electron chi connectivity index (χ0n) is 14.3. The van der Waals surface area contributed by atoms with E-state index < -0.39 is 11.6 Å². The van der Waals surface area contributed by atoms with Gasteiger partial charge in [0.05, 0.1) is 24.1 Å². The van der Waals surface area contributed by atoms with Crippen LogP contribution in [0.3, 0.4) is 0 Å². The molecule has 0 fully saturated rings. The summed E-state index contributed by atoms with van der Waals surface area (Å²) in [5.41, 5.74) is 1.57. The Hall–Kier alpha value is -3.09. The van der Waals surface area contributed by atoms with Crippen LogP contribution in [0.1, 0.15) is 17.7 Å². The molecule has 0 bridgehead atoms. The van der Waals surface area contributed by atoms with E-state index in [0.29, 0.717) is 12.1 Å². The summed E-state index contributed by atoms with van der Waals surface area (Å²) >= 11 is 0. The van der Waals surface area contributed by atoms with Crippen molar-refractivity contribution in [2.24, 2.45) is 7.05 Å². The van der Waals surface area contributed by atoms with Gasteiger partial charge >= 0.3 is 0 Å². The number of rotatable bonds is 6. The molecule has 26 heavy (non-hydrogen) atoms. The molecule has 0 saturated heterocycles. The van der Waals surface area contributed by atoms with Crippen molar-refractivity contribution in [3.05, 3.63) is 77.9 Å². The lowest BCUT2D eigenvalue weighted by Gasteiger charge is -2.23. The van der Waals surface area contributed by atoms with E-state index in [1.807, 2.05) is 6.20 Å². The Morgan fingerprint density at radius 2 is 2.08 bits per heavy atom. The van der Waals surface area contributed by atoms with Crippen molar-refractivity contribution in [3.8, 4) is 0 Å². The van der Waals surface area contributed by atoms with E-state index in [1.54, 1.807) is 42.3 Å². The number of anilines is 1. The van der Waals surface area contributed by atoms with Gasteiger partial charge < -0.3 is 4.90 Å². The highest BCUT2D eigenvalue weighted by Crippen LogP contribution is 2.23. The molecule has 0 radical (unpaired) electrons. The van der Waals surface area contributed by atoms with Crippen LogP contribution in [0.2, 0.25) is 0 Å². The van der Waals surface area contributed by atoms with Gasteiger partial charge in [0.2, 0.25) is 5.91 Å². The lowest BCUT2D eigenvalue weighted by atomic mass is 10.1. The summed E-state index contributed by atoms with van der Waals surface area (Å²) in [6, 6.07) is 8.49. The molecular formula is C19H18F2N4O. The molecule has 134 valence electrons. The fraction of sp³-hybridized carbons (Fsp3) is 0.211. The molecule has 0 unspecified atom stereocenters. The first kappa shape index (κ1) is 17.7. The van der Waals surface area contributed by atoms with Crippen molar-refractivity contribution in [1.82, 2.24) is 14.8 Å². The molecule has 7 heteroatoms. The molecule has 2 heterocycles. The second-order valence-corrected chi connectivity index (χ2v) is 5.92. The summed E-state index contributed by atoms with van der Waals surface area (Å²) < 4.78 is 29.2. The first-order valence-electron chi connectivity index (χ1n) is 8.16. The van der Waals surface area contributed by atoms with Crippen LogP contribution in [0, 0.1) is 11.6 Å². The summed E-state index contributed by atoms with van der Waals surface area (Å²) in [6.45, 7) is 0.106. The van der Waals surface area contributed by atoms with Gasteiger partial charge in [-0.15, -0.1) is 0 Å². The fourth-order valence-corrected chi connectivity index (χ4v) is 2.65. The monoisotopic (exact) mass is 356 g/mol. The first-order chi connectivity index (χ1) is 12.5. The van der Waals surface area contributed by atoms with Gasteiger partial charge in [-0.25, -0.2) is 8.78 Å². The Labute approximate surface area is 149 Å². The molecular weight excluding hydrogens is 338 g/mol. The molecule has 1 aromatic carbocycles. The van der Waals surface area contributed by atoms with E-state index in [2.05, 4.69) is 10.1 Å². The van der Waals surface area contributed by atoms with Crippen LogP contribution >= 0.6 is 0 Å². The molecule has 3 aromatic rings. The number of halogens is 2. The van der Waals surface area contributed by atoms with Gasteiger partial charge in [0.25, 0.3) is 0 Å². The maximum Gasteiger partial charge on any atom is 0.227 e. The molecule has 0 saturated carbocycles. The minimum absolute atomic E-state index is 0.0354. The van der Waals surface area contributed by atoms with Crippen molar-refractivity contribution in [2.75, 3.05) is 4.90 Å². The molecule has 5 nitrogen and oxygen atoms in total. The Kier molecular flexibility index (Phi) is 5.36. The number of carbonyl (C=O) groups excluding carboxylic acids is 1. The van der Waals surface area contributed by atoms with Gasteiger partial charge in [-0.3, -0.25) is 14.5 Å². The fourth-order valence-electron chi connectivity index (χ4n) is 2.65. The zero-order chi connectivity index (χ0) is 18.5. The molecule has 2 aromatic heterocycles. The van der Waals surface area contributed by atoms with Crippen molar-refractivity contribution < 1.29 is 13.6 Å². The number of carbonyl (C=O) groups is 1. The van der Waals surface area contributed by atoms with E-state index in [9.17, 15) is 13.6 Å². The molecule has 0 N–H and O–H groups in total. The maximum absolute atomic E-state index is 14.3. The van der Waals surface area contributed by atoms with Gasteiger partial charge in [0.15, 0.2) is 0 Å². The van der Waals surface area contributed by atoms with Crippen LogP contribution in [-0.4, -0.2) is 20.7 Å². The number of hydrogen-bond donors (Lipinski definition) is 0. The van der Waals surface area contributed by atoms with E-state index in [1.165, 1.54) is 11.0 Å². The first-order valence-corrected chi connectivity index (χ1v) is 8.16. The predicted molar refractivity (Wildman–Crippen MR) is 93.3 cm³/mol. The summed E-state index contributed by atoms with van der Waals surface area (Å²) in [5, 5.41) is 4.07. The average molecular weight is 356 g/mol. The molecule has 0 spiro atoms. The minimum Gasteiger partial charge on any atom is -0.304 e. The third-order valence-electron chi connectivity index (χ3n) is 3.93. The van der Waals surface area contributed by atoms with Gasteiger partial charge in [0.1, 0.15) is 11.6 Å². The quantitative estimate of drug-likeness (QED) is 0.681. The molecule has 1 amide bonds. The topological polar surface area (TPSA) is 51.0 Å². The van der Waals surface area contributed by atoms with E-state index in [-0.39, 0.29) is 24.6 Å². The Balaban J connectivity index is 1.82. The average Bonchev–Trinajstić information content (AvgIpc) is 3.04. The van der Waals surface area contributed by atoms with Crippen molar-refractivity contribution in [1.29, 1.82) is 0 Å². The zero-order valence-corrected chi connectivity index (χ0v) is 14.3. The van der Waals surface area contributed by atoms with Crippen molar-refractivity contribution in [3.63, 3.8) is 0 Å². The van der Waals surface area contributed by atoms with Crippen molar-refractivity contribution >= 4 is 11.6 Å². The summed E-state index contributed by atoms with van der Waals surface area (Å²) in [4.78, 5) is 18.3. The second-order valence-electron chi connectivity index (χ2n) is 5.92. The highest BCUT2D eigenvalue weighted by Gasteiger charge is 2.20. The van der Waals surface area contributed by atoms with Gasteiger partial charge in [-0.2, -0.15) is 5.10 Å². The summed E-state index contributed by atoms with van der Waals surface area (Å²) in [6.07, 6.45) is 5.78. The minimum atomic E-state index is -0.782. The number of nitrogens with zero attached hydrogens (tertiary/aromatic N) is 4. The van der Waals surface area contributed by atoms with Gasteiger partial charge in [-0.05, 0) is 36.2 Å². The number of amides is 1. The van der Waals surface area contributed by atoms with Crippen LogP contribution in [0.4, 0.5) is 14.5 Å². The molecule has 0 aliphatic heterocycles. The van der Waals surface area contributed by atoms with Crippen molar-refractivity contribution in [2.45, 2.75) is 19.4 Å². The van der Waals surface area contributed by atoms with E-state index in [0.717, 1.165) is 17.7 Å². The Morgan fingerprint density at radius 3 is 2.73 bits per heavy atom. The predicted octanol–water partition coefficient (Wildman–Crippen LogP) is 3.26. The molecule has 0 atom stereocenters. The standard InChI is InChI=1S/C19H18F2N4O/c1-24-12-14(11-23-24)5-8-19(26)25(13-16-4-2-3-9-22-16)18-7-6-15(20)10-17(18)21/h2-4,6-7,9-12H,5,8,13H2,1H3. The maximum atomic E-state index is 14.3. The van der Waals surface area contributed by atoms with Crippen LogP contribution in [0.15, 0.2) is 55.0 Å². The highest BCUT2D eigenvalue weighted by atomic mass is 19.1. The smallest absolute Gasteiger partial charge is 0.227 e. The van der Waals surface area contributed by atoms with Gasteiger partial charge in [-0.1, -0.05) is 6.07 Å². The Morgan fingerprint density at radius 1 is 1.23 bits per heavy atom. The van der Waals surface area contributed by atoms with Gasteiger partial charge in [0, 0.05) is 31.9 Å².